The quantitative estimate of drug-likeness (QED) is 0.641. The number of benzene rings is 2. The molecule has 2 aromatic rings. The summed E-state index contributed by atoms with van der Waals surface area (Å²) in [4.78, 5) is 35.4. The molecule has 0 aliphatic heterocycles. The SMILES string of the molecule is CNC(=O)Nc1ccc(NC(=O)CC(C)NC(=O)c2ccccc2)cc1. The Bertz CT molecular complexity index is 760. The highest BCUT2D eigenvalue weighted by Crippen LogP contribution is 2.14. The van der Waals surface area contributed by atoms with Crippen LogP contribution in [-0.4, -0.2) is 30.9 Å². The predicted octanol–water partition coefficient (Wildman–Crippen LogP) is 2.59. The standard InChI is InChI=1S/C19H22N4O3/c1-13(21-18(25)14-6-4-3-5-7-14)12-17(24)22-15-8-10-16(11-9-15)23-19(26)20-2/h3-11,13H,12H2,1-2H3,(H,21,25)(H,22,24)(H2,20,23,26). The van der Waals surface area contributed by atoms with Crippen LogP contribution < -0.4 is 21.3 Å². The Labute approximate surface area is 152 Å². The van der Waals surface area contributed by atoms with Crippen molar-refractivity contribution in [1.82, 2.24) is 10.6 Å². The summed E-state index contributed by atoms with van der Waals surface area (Å²) in [5, 5.41) is 10.6. The first-order chi connectivity index (χ1) is 12.5. The molecule has 4 amide bonds. The normalized spacial score (nSPS) is 11.2. The Kier molecular flexibility index (Phi) is 6.73. The van der Waals surface area contributed by atoms with Crippen LogP contribution in [0.1, 0.15) is 23.7 Å². The van der Waals surface area contributed by atoms with Crippen LogP contribution in [-0.2, 0) is 4.79 Å². The molecule has 136 valence electrons. The molecule has 0 aromatic heterocycles. The number of hydrogen-bond donors (Lipinski definition) is 4. The van der Waals surface area contributed by atoms with Crippen molar-refractivity contribution in [2.24, 2.45) is 0 Å². The van der Waals surface area contributed by atoms with E-state index in [0.29, 0.717) is 16.9 Å². The average molecular weight is 354 g/mol. The smallest absolute Gasteiger partial charge is 0.318 e. The predicted molar refractivity (Wildman–Crippen MR) is 101 cm³/mol. The summed E-state index contributed by atoms with van der Waals surface area (Å²) >= 11 is 0. The van der Waals surface area contributed by atoms with Gasteiger partial charge in [0.05, 0.1) is 0 Å². The zero-order valence-corrected chi connectivity index (χ0v) is 14.7. The average Bonchev–Trinajstić information content (AvgIpc) is 2.63. The molecular formula is C19H22N4O3. The van der Waals surface area contributed by atoms with Gasteiger partial charge in [0.2, 0.25) is 5.91 Å². The lowest BCUT2D eigenvalue weighted by Gasteiger charge is -2.14. The van der Waals surface area contributed by atoms with E-state index in [1.54, 1.807) is 55.5 Å². The van der Waals surface area contributed by atoms with Crippen molar-refractivity contribution in [2.45, 2.75) is 19.4 Å². The maximum atomic E-state index is 12.1. The molecule has 1 atom stereocenters. The lowest BCUT2D eigenvalue weighted by Crippen LogP contribution is -2.35. The number of rotatable bonds is 6. The number of urea groups is 1. The first kappa shape index (κ1) is 19.0. The first-order valence-electron chi connectivity index (χ1n) is 8.22. The lowest BCUT2D eigenvalue weighted by atomic mass is 10.1. The van der Waals surface area contributed by atoms with Gasteiger partial charge in [-0.05, 0) is 43.3 Å². The summed E-state index contributed by atoms with van der Waals surface area (Å²) in [6, 6.07) is 15.0. The molecule has 0 fully saturated rings. The van der Waals surface area contributed by atoms with E-state index in [2.05, 4.69) is 21.3 Å². The molecule has 0 radical (unpaired) electrons. The van der Waals surface area contributed by atoms with Crippen LogP contribution in [0.25, 0.3) is 0 Å². The highest BCUT2D eigenvalue weighted by molar-refractivity contribution is 5.96. The number of carbonyl (C=O) groups is 3. The molecule has 4 N–H and O–H groups in total. The molecule has 7 heteroatoms. The molecule has 0 aliphatic carbocycles. The number of carbonyl (C=O) groups excluding carboxylic acids is 3. The van der Waals surface area contributed by atoms with E-state index < -0.39 is 0 Å². The Morgan fingerprint density at radius 3 is 2.04 bits per heavy atom. The second-order valence-corrected chi connectivity index (χ2v) is 5.77. The van der Waals surface area contributed by atoms with Gasteiger partial charge in [0.1, 0.15) is 0 Å². The molecule has 0 heterocycles. The molecule has 1 unspecified atom stereocenters. The van der Waals surface area contributed by atoms with Gasteiger partial charge < -0.3 is 21.3 Å². The molecular weight excluding hydrogens is 332 g/mol. The number of nitrogens with one attached hydrogen (secondary N) is 4. The van der Waals surface area contributed by atoms with Crippen LogP contribution in [0.2, 0.25) is 0 Å². The first-order valence-corrected chi connectivity index (χ1v) is 8.22. The maximum absolute atomic E-state index is 12.1. The largest absolute Gasteiger partial charge is 0.349 e. The van der Waals surface area contributed by atoms with Gasteiger partial charge in [-0.3, -0.25) is 9.59 Å². The number of hydrogen-bond acceptors (Lipinski definition) is 3. The van der Waals surface area contributed by atoms with Crippen LogP contribution in [0.5, 0.6) is 0 Å². The second-order valence-electron chi connectivity index (χ2n) is 5.77. The van der Waals surface area contributed by atoms with Crippen LogP contribution in [0.4, 0.5) is 16.2 Å². The highest BCUT2D eigenvalue weighted by atomic mass is 16.2. The summed E-state index contributed by atoms with van der Waals surface area (Å²) < 4.78 is 0. The molecule has 26 heavy (non-hydrogen) atoms. The Morgan fingerprint density at radius 1 is 0.885 bits per heavy atom. The summed E-state index contributed by atoms with van der Waals surface area (Å²) in [6.07, 6.45) is 0.150. The highest BCUT2D eigenvalue weighted by Gasteiger charge is 2.13. The van der Waals surface area contributed by atoms with Gasteiger partial charge in [-0.1, -0.05) is 18.2 Å². The van der Waals surface area contributed by atoms with Crippen molar-refractivity contribution < 1.29 is 14.4 Å². The minimum absolute atomic E-state index is 0.150. The van der Waals surface area contributed by atoms with E-state index in [-0.39, 0.29) is 30.3 Å². The number of anilines is 2. The van der Waals surface area contributed by atoms with Crippen molar-refractivity contribution in [3.05, 3.63) is 60.2 Å². The summed E-state index contributed by atoms with van der Waals surface area (Å²) in [7, 11) is 1.53. The fourth-order valence-corrected chi connectivity index (χ4v) is 2.27. The third-order valence-electron chi connectivity index (χ3n) is 3.56. The Balaban J connectivity index is 1.82. The van der Waals surface area contributed by atoms with Gasteiger partial charge in [-0.15, -0.1) is 0 Å². The fourth-order valence-electron chi connectivity index (χ4n) is 2.27. The van der Waals surface area contributed by atoms with E-state index in [9.17, 15) is 14.4 Å². The molecule has 7 nitrogen and oxygen atoms in total. The van der Waals surface area contributed by atoms with Crippen LogP contribution >= 0.6 is 0 Å². The van der Waals surface area contributed by atoms with E-state index in [1.165, 1.54) is 7.05 Å². The van der Waals surface area contributed by atoms with Gasteiger partial charge in [0, 0.05) is 36.4 Å². The molecule has 0 bridgehead atoms. The fraction of sp³-hybridized carbons (Fsp3) is 0.211. The van der Waals surface area contributed by atoms with Crippen LogP contribution in [0.3, 0.4) is 0 Å². The number of amides is 4. The van der Waals surface area contributed by atoms with Crippen molar-refractivity contribution in [3.8, 4) is 0 Å². The van der Waals surface area contributed by atoms with Crippen molar-refractivity contribution in [2.75, 3.05) is 17.7 Å². The topological polar surface area (TPSA) is 99.3 Å². The van der Waals surface area contributed by atoms with Gasteiger partial charge in [0.15, 0.2) is 0 Å². The monoisotopic (exact) mass is 354 g/mol. The van der Waals surface area contributed by atoms with Crippen LogP contribution in [0, 0.1) is 0 Å². The van der Waals surface area contributed by atoms with Gasteiger partial charge >= 0.3 is 6.03 Å². The molecule has 2 rings (SSSR count). The van der Waals surface area contributed by atoms with Crippen molar-refractivity contribution >= 4 is 29.2 Å². The molecule has 0 saturated carbocycles. The minimum atomic E-state index is -0.315. The third-order valence-corrected chi connectivity index (χ3v) is 3.56. The van der Waals surface area contributed by atoms with E-state index in [1.807, 2.05) is 6.07 Å². The molecule has 0 spiro atoms. The Hall–Kier alpha value is -3.35. The summed E-state index contributed by atoms with van der Waals surface area (Å²) in [6.45, 7) is 1.77. The summed E-state index contributed by atoms with van der Waals surface area (Å²) in [5.41, 5.74) is 1.78. The lowest BCUT2D eigenvalue weighted by molar-refractivity contribution is -0.116. The zero-order valence-electron chi connectivity index (χ0n) is 14.7. The van der Waals surface area contributed by atoms with Crippen molar-refractivity contribution in [1.29, 1.82) is 0 Å². The third kappa shape index (κ3) is 5.94. The Morgan fingerprint density at radius 2 is 1.46 bits per heavy atom. The van der Waals surface area contributed by atoms with Gasteiger partial charge in [0.25, 0.3) is 5.91 Å². The van der Waals surface area contributed by atoms with Crippen molar-refractivity contribution in [3.63, 3.8) is 0 Å². The molecule has 2 aromatic carbocycles. The maximum Gasteiger partial charge on any atom is 0.318 e. The second kappa shape index (κ2) is 9.22. The van der Waals surface area contributed by atoms with Crippen LogP contribution in [0.15, 0.2) is 54.6 Å². The molecule has 0 saturated heterocycles. The minimum Gasteiger partial charge on any atom is -0.349 e. The van der Waals surface area contributed by atoms with Gasteiger partial charge in [-0.2, -0.15) is 0 Å². The zero-order chi connectivity index (χ0) is 18.9. The van der Waals surface area contributed by atoms with E-state index >= 15 is 0 Å². The van der Waals surface area contributed by atoms with E-state index in [4.69, 9.17) is 0 Å². The van der Waals surface area contributed by atoms with Gasteiger partial charge in [-0.25, -0.2) is 4.79 Å². The van der Waals surface area contributed by atoms with E-state index in [0.717, 1.165) is 0 Å². The molecule has 0 aliphatic rings. The summed E-state index contributed by atoms with van der Waals surface area (Å²) in [5.74, 6) is -0.423.